The van der Waals surface area contributed by atoms with Gasteiger partial charge in [0.05, 0.1) is 23.8 Å². The first kappa shape index (κ1) is 18.3. The summed E-state index contributed by atoms with van der Waals surface area (Å²) in [4.78, 5) is 19.8. The van der Waals surface area contributed by atoms with Gasteiger partial charge in [0.1, 0.15) is 0 Å². The maximum absolute atomic E-state index is 13.1. The van der Waals surface area contributed by atoms with Crippen LogP contribution in [0.4, 0.5) is 0 Å². The first-order valence-electron chi connectivity index (χ1n) is 9.27. The maximum Gasteiger partial charge on any atom is 0.182 e. The molecular weight excluding hydrogens is 356 g/mol. The second-order valence-corrected chi connectivity index (χ2v) is 8.45. The monoisotopic (exact) mass is 380 g/mol. The van der Waals surface area contributed by atoms with E-state index in [1.165, 1.54) is 5.39 Å². The third-order valence-corrected chi connectivity index (χ3v) is 6.15. The zero-order valence-electron chi connectivity index (χ0n) is 15.7. The van der Waals surface area contributed by atoms with Gasteiger partial charge < -0.3 is 9.72 Å². The lowest BCUT2D eigenvalue weighted by molar-refractivity contribution is -0.00430. The van der Waals surface area contributed by atoms with Crippen molar-refractivity contribution in [3.05, 3.63) is 60.2 Å². The van der Waals surface area contributed by atoms with Crippen molar-refractivity contribution < 1.29 is 9.53 Å². The standard InChI is InChI=1S/C22H24N2O2S/c1-22(2,24-11-13-26-14-12-24)21(25)16-7-9-18(10-8-16)27-20-15-17-5-3-4-6-19(17)23-20/h3-10,15,23H,11-14H2,1-2H3. The summed E-state index contributed by atoms with van der Waals surface area (Å²) in [5.74, 6) is 0.159. The third kappa shape index (κ3) is 3.81. The van der Waals surface area contributed by atoms with Gasteiger partial charge in [-0.05, 0) is 38.1 Å². The van der Waals surface area contributed by atoms with E-state index in [1.807, 2.05) is 50.2 Å². The second-order valence-electron chi connectivity index (χ2n) is 7.33. The number of nitrogens with zero attached hydrogens (tertiary/aromatic N) is 1. The van der Waals surface area contributed by atoms with Gasteiger partial charge in [0.2, 0.25) is 0 Å². The van der Waals surface area contributed by atoms with Gasteiger partial charge in [-0.25, -0.2) is 0 Å². The fourth-order valence-electron chi connectivity index (χ4n) is 3.52. The SMILES string of the molecule is CC(C)(C(=O)c1ccc(Sc2cc3ccccc3[nH]2)cc1)N1CCOCC1. The van der Waals surface area contributed by atoms with Crippen LogP contribution in [0.1, 0.15) is 24.2 Å². The van der Waals surface area contributed by atoms with Crippen molar-refractivity contribution in [1.29, 1.82) is 0 Å². The molecule has 0 saturated carbocycles. The molecule has 4 rings (SSSR count). The van der Waals surface area contributed by atoms with Gasteiger partial charge in [0.25, 0.3) is 0 Å². The third-order valence-electron chi connectivity index (χ3n) is 5.21. The predicted molar refractivity (Wildman–Crippen MR) is 110 cm³/mol. The zero-order chi connectivity index (χ0) is 18.9. The van der Waals surface area contributed by atoms with Crippen LogP contribution in [0.2, 0.25) is 0 Å². The number of nitrogens with one attached hydrogen (secondary N) is 1. The molecule has 140 valence electrons. The van der Waals surface area contributed by atoms with E-state index >= 15 is 0 Å². The van der Waals surface area contributed by atoms with Gasteiger partial charge in [-0.3, -0.25) is 9.69 Å². The summed E-state index contributed by atoms with van der Waals surface area (Å²) in [5, 5.41) is 2.31. The Morgan fingerprint density at radius 1 is 1.07 bits per heavy atom. The van der Waals surface area contributed by atoms with Crippen LogP contribution in [0.5, 0.6) is 0 Å². The normalized spacial score (nSPS) is 15.9. The number of fused-ring (bicyclic) bond motifs is 1. The molecule has 0 radical (unpaired) electrons. The van der Waals surface area contributed by atoms with E-state index in [2.05, 4.69) is 28.1 Å². The smallest absolute Gasteiger partial charge is 0.182 e. The number of aromatic nitrogens is 1. The molecule has 0 amide bonds. The Bertz CT molecular complexity index is 907. The summed E-state index contributed by atoms with van der Waals surface area (Å²) in [6.45, 7) is 7.00. The van der Waals surface area contributed by atoms with E-state index < -0.39 is 5.54 Å². The number of carbonyl (C=O) groups is 1. The quantitative estimate of drug-likeness (QED) is 0.657. The Morgan fingerprint density at radius 3 is 2.48 bits per heavy atom. The highest BCUT2D eigenvalue weighted by molar-refractivity contribution is 7.99. The van der Waals surface area contributed by atoms with Gasteiger partial charge in [-0.2, -0.15) is 0 Å². The molecule has 1 fully saturated rings. The van der Waals surface area contributed by atoms with Crippen molar-refractivity contribution in [3.63, 3.8) is 0 Å². The van der Waals surface area contributed by atoms with Crippen LogP contribution in [0.25, 0.3) is 10.9 Å². The minimum Gasteiger partial charge on any atom is -0.379 e. The van der Waals surface area contributed by atoms with Crippen LogP contribution in [-0.4, -0.2) is 47.5 Å². The van der Waals surface area contributed by atoms with E-state index in [0.29, 0.717) is 13.2 Å². The number of hydrogen-bond donors (Lipinski definition) is 1. The molecule has 5 heteroatoms. The largest absolute Gasteiger partial charge is 0.379 e. The average Bonchev–Trinajstić information content (AvgIpc) is 3.11. The Balaban J connectivity index is 1.48. The predicted octanol–water partition coefficient (Wildman–Crippen LogP) is 4.61. The van der Waals surface area contributed by atoms with Crippen molar-refractivity contribution in [1.82, 2.24) is 9.88 Å². The van der Waals surface area contributed by atoms with Crippen LogP contribution < -0.4 is 0 Å². The number of Topliss-reactive ketones (excluding diaryl/α,β-unsaturated/α-hetero) is 1. The molecule has 1 N–H and O–H groups in total. The molecule has 0 spiro atoms. The molecule has 1 aliphatic heterocycles. The number of H-pyrrole nitrogens is 1. The van der Waals surface area contributed by atoms with Crippen molar-refractivity contribution in [3.8, 4) is 0 Å². The lowest BCUT2D eigenvalue weighted by atomic mass is 9.91. The van der Waals surface area contributed by atoms with Crippen LogP contribution in [-0.2, 0) is 4.74 Å². The summed E-state index contributed by atoms with van der Waals surface area (Å²) in [6, 6.07) is 18.3. The molecular formula is C22H24N2O2S. The minimum atomic E-state index is -0.518. The molecule has 0 unspecified atom stereocenters. The van der Waals surface area contributed by atoms with Gasteiger partial charge in [0.15, 0.2) is 5.78 Å². The zero-order valence-corrected chi connectivity index (χ0v) is 16.5. The highest BCUT2D eigenvalue weighted by atomic mass is 32.2. The number of rotatable bonds is 5. The molecule has 27 heavy (non-hydrogen) atoms. The summed E-state index contributed by atoms with van der Waals surface area (Å²) < 4.78 is 5.42. The number of benzene rings is 2. The number of carbonyl (C=O) groups excluding carboxylic acids is 1. The summed E-state index contributed by atoms with van der Waals surface area (Å²) in [6.07, 6.45) is 0. The van der Waals surface area contributed by atoms with E-state index in [-0.39, 0.29) is 5.78 Å². The van der Waals surface area contributed by atoms with E-state index in [1.54, 1.807) is 11.8 Å². The summed E-state index contributed by atoms with van der Waals surface area (Å²) >= 11 is 1.68. The van der Waals surface area contributed by atoms with Crippen LogP contribution in [0, 0.1) is 0 Å². The first-order valence-corrected chi connectivity index (χ1v) is 10.1. The second kappa shape index (κ2) is 7.50. The highest BCUT2D eigenvalue weighted by Gasteiger charge is 2.35. The molecule has 1 aromatic heterocycles. The fourth-order valence-corrected chi connectivity index (χ4v) is 4.40. The van der Waals surface area contributed by atoms with Crippen molar-refractivity contribution >= 4 is 28.4 Å². The molecule has 0 atom stereocenters. The van der Waals surface area contributed by atoms with Crippen molar-refractivity contribution in [2.24, 2.45) is 0 Å². The van der Waals surface area contributed by atoms with Crippen LogP contribution in [0.15, 0.2) is 64.5 Å². The summed E-state index contributed by atoms with van der Waals surface area (Å²) in [5.41, 5.74) is 1.38. The van der Waals surface area contributed by atoms with Crippen molar-refractivity contribution in [2.75, 3.05) is 26.3 Å². The Hall–Kier alpha value is -2.08. The van der Waals surface area contributed by atoms with Gasteiger partial charge in [-0.1, -0.05) is 42.1 Å². The molecule has 0 aliphatic carbocycles. The molecule has 2 heterocycles. The van der Waals surface area contributed by atoms with E-state index in [9.17, 15) is 4.79 Å². The number of hydrogen-bond acceptors (Lipinski definition) is 4. The molecule has 1 aliphatic rings. The van der Waals surface area contributed by atoms with E-state index in [4.69, 9.17) is 4.74 Å². The van der Waals surface area contributed by atoms with Gasteiger partial charge >= 0.3 is 0 Å². The number of morpholine rings is 1. The van der Waals surface area contributed by atoms with Crippen LogP contribution in [0.3, 0.4) is 0 Å². The molecule has 1 saturated heterocycles. The van der Waals surface area contributed by atoms with E-state index in [0.717, 1.165) is 34.1 Å². The molecule has 0 bridgehead atoms. The molecule has 3 aromatic rings. The lowest BCUT2D eigenvalue weighted by Gasteiger charge is -2.39. The lowest BCUT2D eigenvalue weighted by Crippen LogP contribution is -2.54. The topological polar surface area (TPSA) is 45.3 Å². The number of aromatic amines is 1. The first-order chi connectivity index (χ1) is 13.0. The number of ether oxygens (including phenoxy) is 1. The minimum absolute atomic E-state index is 0.159. The average molecular weight is 381 g/mol. The Morgan fingerprint density at radius 2 is 1.78 bits per heavy atom. The number of para-hydroxylation sites is 1. The molecule has 2 aromatic carbocycles. The Kier molecular flexibility index (Phi) is 5.08. The molecule has 4 nitrogen and oxygen atoms in total. The fraction of sp³-hybridized carbons (Fsp3) is 0.318. The van der Waals surface area contributed by atoms with Gasteiger partial charge in [-0.15, -0.1) is 0 Å². The summed E-state index contributed by atoms with van der Waals surface area (Å²) in [7, 11) is 0. The van der Waals surface area contributed by atoms with Crippen molar-refractivity contribution in [2.45, 2.75) is 29.3 Å². The highest BCUT2D eigenvalue weighted by Crippen LogP contribution is 2.30. The van der Waals surface area contributed by atoms with Gasteiger partial charge in [0, 0.05) is 34.5 Å². The number of ketones is 1. The Labute approximate surface area is 163 Å². The maximum atomic E-state index is 13.1. The van der Waals surface area contributed by atoms with Crippen LogP contribution >= 0.6 is 11.8 Å².